The van der Waals surface area contributed by atoms with Crippen LogP contribution in [0.3, 0.4) is 0 Å². The fourth-order valence-corrected chi connectivity index (χ4v) is 3.93. The molecule has 160 valence electrons. The van der Waals surface area contributed by atoms with Gasteiger partial charge in [-0.3, -0.25) is 4.79 Å². The van der Waals surface area contributed by atoms with Crippen LogP contribution in [-0.4, -0.2) is 21.9 Å². The molecule has 5 nitrogen and oxygen atoms in total. The van der Waals surface area contributed by atoms with Crippen molar-refractivity contribution < 1.29 is 4.79 Å². The smallest absolute Gasteiger partial charge is 0.265 e. The van der Waals surface area contributed by atoms with Gasteiger partial charge in [-0.1, -0.05) is 88.7 Å². The van der Waals surface area contributed by atoms with E-state index in [1.165, 1.54) is 0 Å². The number of carbonyl (C=O) groups is 1. The number of hydrazone groups is 1. The van der Waals surface area contributed by atoms with Gasteiger partial charge < -0.3 is 0 Å². The molecular weight excluding hydrogens is 476 g/mol. The summed E-state index contributed by atoms with van der Waals surface area (Å²) in [5.41, 5.74) is 6.46. The van der Waals surface area contributed by atoms with Crippen LogP contribution in [0.15, 0.2) is 113 Å². The fraction of sp³-hybridized carbons (Fsp3) is 0. The number of fused-ring (bicyclic) bond motifs is 1. The standard InChI is InChI=1S/C27H19BrN4O/c28-21-15-13-19(14-16-21)18-29-30-27(33)25-17-26(32(31-25)22-9-2-1-3-10-22)24-12-6-8-20-7-4-5-11-23(20)24/h1-18H,(H,30,33)/b29-18-. The highest BCUT2D eigenvalue weighted by atomic mass is 79.9. The Labute approximate surface area is 199 Å². The highest BCUT2D eigenvalue weighted by Gasteiger charge is 2.18. The van der Waals surface area contributed by atoms with Crippen LogP contribution in [0.25, 0.3) is 27.7 Å². The zero-order chi connectivity index (χ0) is 22.6. The summed E-state index contributed by atoms with van der Waals surface area (Å²) in [5.74, 6) is -0.375. The summed E-state index contributed by atoms with van der Waals surface area (Å²) in [7, 11) is 0. The van der Waals surface area contributed by atoms with E-state index in [1.807, 2.05) is 78.9 Å². The van der Waals surface area contributed by atoms with Crippen LogP contribution >= 0.6 is 15.9 Å². The van der Waals surface area contributed by atoms with Gasteiger partial charge in [-0.25, -0.2) is 10.1 Å². The number of nitrogens with zero attached hydrogens (tertiary/aromatic N) is 3. The molecule has 0 aliphatic carbocycles. The molecule has 0 saturated heterocycles. The molecule has 5 aromatic rings. The molecule has 0 aliphatic rings. The summed E-state index contributed by atoms with van der Waals surface area (Å²) < 4.78 is 2.78. The van der Waals surface area contributed by atoms with Crippen molar-refractivity contribution in [3.05, 3.63) is 119 Å². The SMILES string of the molecule is O=C(N/N=C\c1ccc(Br)cc1)c1cc(-c2cccc3ccccc23)n(-c2ccccc2)n1. The van der Waals surface area contributed by atoms with Crippen molar-refractivity contribution in [3.63, 3.8) is 0 Å². The highest BCUT2D eigenvalue weighted by molar-refractivity contribution is 9.10. The van der Waals surface area contributed by atoms with Crippen LogP contribution < -0.4 is 5.43 Å². The van der Waals surface area contributed by atoms with E-state index in [0.717, 1.165) is 37.8 Å². The molecule has 6 heteroatoms. The molecule has 1 heterocycles. The van der Waals surface area contributed by atoms with Gasteiger partial charge in [0.1, 0.15) is 0 Å². The first kappa shape index (κ1) is 20.8. The monoisotopic (exact) mass is 494 g/mol. The minimum atomic E-state index is -0.375. The lowest BCUT2D eigenvalue weighted by Gasteiger charge is -2.10. The lowest BCUT2D eigenvalue weighted by molar-refractivity contribution is 0.0949. The molecule has 0 fully saturated rings. The molecule has 1 amide bonds. The lowest BCUT2D eigenvalue weighted by atomic mass is 10.0. The second-order valence-corrected chi connectivity index (χ2v) is 8.36. The maximum Gasteiger partial charge on any atom is 0.291 e. The minimum Gasteiger partial charge on any atom is -0.265 e. The van der Waals surface area contributed by atoms with E-state index >= 15 is 0 Å². The minimum absolute atomic E-state index is 0.287. The highest BCUT2D eigenvalue weighted by Crippen LogP contribution is 2.31. The normalized spacial score (nSPS) is 11.2. The van der Waals surface area contributed by atoms with Gasteiger partial charge in [-0.05, 0) is 46.7 Å². The van der Waals surface area contributed by atoms with E-state index in [4.69, 9.17) is 0 Å². The Balaban J connectivity index is 1.52. The van der Waals surface area contributed by atoms with Crippen molar-refractivity contribution in [1.29, 1.82) is 0 Å². The fourth-order valence-electron chi connectivity index (χ4n) is 3.67. The number of hydrogen-bond acceptors (Lipinski definition) is 3. The van der Waals surface area contributed by atoms with E-state index in [9.17, 15) is 4.79 Å². The van der Waals surface area contributed by atoms with Crippen molar-refractivity contribution in [3.8, 4) is 16.9 Å². The van der Waals surface area contributed by atoms with Gasteiger partial charge in [0, 0.05) is 10.0 Å². The summed E-state index contributed by atoms with van der Waals surface area (Å²) in [6.45, 7) is 0. The lowest BCUT2D eigenvalue weighted by Crippen LogP contribution is -2.18. The van der Waals surface area contributed by atoms with E-state index in [-0.39, 0.29) is 11.6 Å². The molecule has 0 saturated carbocycles. The Kier molecular flexibility index (Phi) is 5.83. The molecule has 1 aromatic heterocycles. The third-order valence-corrected chi connectivity index (χ3v) is 5.79. The van der Waals surface area contributed by atoms with Crippen LogP contribution in [0, 0.1) is 0 Å². The number of halogens is 1. The van der Waals surface area contributed by atoms with Crippen LogP contribution in [0.5, 0.6) is 0 Å². The van der Waals surface area contributed by atoms with Crippen molar-refractivity contribution in [2.75, 3.05) is 0 Å². The van der Waals surface area contributed by atoms with Gasteiger partial charge in [0.15, 0.2) is 5.69 Å². The maximum atomic E-state index is 12.9. The Morgan fingerprint density at radius 1 is 0.879 bits per heavy atom. The van der Waals surface area contributed by atoms with Crippen molar-refractivity contribution in [1.82, 2.24) is 15.2 Å². The quantitative estimate of drug-likeness (QED) is 0.233. The summed E-state index contributed by atoms with van der Waals surface area (Å²) in [6.07, 6.45) is 1.60. The van der Waals surface area contributed by atoms with Crippen LogP contribution in [0.4, 0.5) is 0 Å². The number of carbonyl (C=O) groups excluding carboxylic acids is 1. The van der Waals surface area contributed by atoms with E-state index in [0.29, 0.717) is 0 Å². The third kappa shape index (κ3) is 4.47. The molecule has 0 bridgehead atoms. The number of hydrogen-bond donors (Lipinski definition) is 1. The molecule has 0 radical (unpaired) electrons. The molecule has 33 heavy (non-hydrogen) atoms. The van der Waals surface area contributed by atoms with Gasteiger partial charge >= 0.3 is 0 Å². The Morgan fingerprint density at radius 3 is 2.42 bits per heavy atom. The first-order valence-corrected chi connectivity index (χ1v) is 11.2. The second kappa shape index (κ2) is 9.22. The van der Waals surface area contributed by atoms with Crippen molar-refractivity contribution >= 4 is 38.8 Å². The number of benzene rings is 4. The predicted molar refractivity (Wildman–Crippen MR) is 136 cm³/mol. The zero-order valence-corrected chi connectivity index (χ0v) is 19.1. The maximum absolute atomic E-state index is 12.9. The average molecular weight is 495 g/mol. The zero-order valence-electron chi connectivity index (χ0n) is 17.5. The molecule has 5 rings (SSSR count). The van der Waals surface area contributed by atoms with E-state index < -0.39 is 0 Å². The number of aromatic nitrogens is 2. The molecule has 0 unspecified atom stereocenters. The second-order valence-electron chi connectivity index (χ2n) is 7.44. The summed E-state index contributed by atoms with van der Waals surface area (Å²) in [6, 6.07) is 33.6. The molecular formula is C27H19BrN4O. The number of nitrogens with one attached hydrogen (secondary N) is 1. The van der Waals surface area contributed by atoms with Crippen molar-refractivity contribution in [2.24, 2.45) is 5.10 Å². The third-order valence-electron chi connectivity index (χ3n) is 5.26. The summed E-state index contributed by atoms with van der Waals surface area (Å²) in [4.78, 5) is 12.9. The van der Waals surface area contributed by atoms with Crippen LogP contribution in [-0.2, 0) is 0 Å². The van der Waals surface area contributed by atoms with E-state index in [2.05, 4.69) is 49.8 Å². The molecule has 0 spiro atoms. The van der Waals surface area contributed by atoms with Crippen LogP contribution in [0.1, 0.15) is 16.1 Å². The Hall–Kier alpha value is -4.03. The number of para-hydroxylation sites is 1. The van der Waals surface area contributed by atoms with Gasteiger partial charge in [-0.2, -0.15) is 10.2 Å². The molecule has 4 aromatic carbocycles. The van der Waals surface area contributed by atoms with Gasteiger partial charge in [-0.15, -0.1) is 0 Å². The van der Waals surface area contributed by atoms with E-state index in [1.54, 1.807) is 17.0 Å². The van der Waals surface area contributed by atoms with Crippen molar-refractivity contribution in [2.45, 2.75) is 0 Å². The van der Waals surface area contributed by atoms with Gasteiger partial charge in [0.25, 0.3) is 5.91 Å². The Bertz CT molecular complexity index is 1450. The number of rotatable bonds is 5. The molecule has 0 aliphatic heterocycles. The first-order valence-electron chi connectivity index (χ1n) is 10.4. The van der Waals surface area contributed by atoms with Gasteiger partial charge in [0.2, 0.25) is 0 Å². The molecule has 1 N–H and O–H groups in total. The summed E-state index contributed by atoms with van der Waals surface area (Å²) >= 11 is 3.41. The number of amides is 1. The average Bonchev–Trinajstić information content (AvgIpc) is 3.31. The topological polar surface area (TPSA) is 59.3 Å². The summed E-state index contributed by atoms with van der Waals surface area (Å²) in [5, 5.41) is 10.9. The molecule has 0 atom stereocenters. The van der Waals surface area contributed by atoms with Crippen LogP contribution in [0.2, 0.25) is 0 Å². The predicted octanol–water partition coefficient (Wildman–Crippen LogP) is 6.22. The largest absolute Gasteiger partial charge is 0.291 e. The van der Waals surface area contributed by atoms with Gasteiger partial charge in [0.05, 0.1) is 17.6 Å². The Morgan fingerprint density at radius 2 is 1.61 bits per heavy atom. The first-order chi connectivity index (χ1) is 16.2.